The first kappa shape index (κ1) is 12.2. The van der Waals surface area contributed by atoms with Crippen molar-refractivity contribution in [3.05, 3.63) is 42.1 Å². The van der Waals surface area contributed by atoms with Crippen molar-refractivity contribution in [1.29, 1.82) is 0 Å². The van der Waals surface area contributed by atoms with Gasteiger partial charge in [0.2, 0.25) is 0 Å². The number of rotatable bonds is 3. The van der Waals surface area contributed by atoms with Gasteiger partial charge in [0.05, 0.1) is 12.8 Å². The van der Waals surface area contributed by atoms with Gasteiger partial charge in [0.15, 0.2) is 5.82 Å². The quantitative estimate of drug-likeness (QED) is 0.900. The van der Waals surface area contributed by atoms with Gasteiger partial charge in [-0.2, -0.15) is 0 Å². The lowest BCUT2D eigenvalue weighted by molar-refractivity contribution is 0.415. The molecule has 0 aliphatic heterocycles. The molecule has 94 valence electrons. The van der Waals surface area contributed by atoms with Crippen molar-refractivity contribution in [2.75, 3.05) is 24.8 Å². The smallest absolute Gasteiger partial charge is 0.155 e. The Hall–Kier alpha value is -2.23. The van der Waals surface area contributed by atoms with Gasteiger partial charge in [0, 0.05) is 18.9 Å². The topological polar surface area (TPSA) is 51.4 Å². The van der Waals surface area contributed by atoms with Crippen LogP contribution in [0.5, 0.6) is 5.75 Å². The summed E-state index contributed by atoms with van der Waals surface area (Å²) in [5, 5.41) is 0. The molecular formula is C14H17N3O. The van der Waals surface area contributed by atoms with E-state index in [9.17, 15) is 0 Å². The van der Waals surface area contributed by atoms with Crippen LogP contribution >= 0.6 is 0 Å². The maximum atomic E-state index is 5.99. The molecule has 2 rings (SSSR count). The molecule has 1 aromatic heterocycles. The molecule has 1 heterocycles. The number of hydrogen-bond donors (Lipinski definition) is 1. The van der Waals surface area contributed by atoms with E-state index in [1.807, 2.05) is 55.4 Å². The van der Waals surface area contributed by atoms with E-state index in [4.69, 9.17) is 10.5 Å². The largest absolute Gasteiger partial charge is 0.497 e. The first-order chi connectivity index (χ1) is 8.61. The van der Waals surface area contributed by atoms with Gasteiger partial charge in [0.25, 0.3) is 0 Å². The third-order valence-electron chi connectivity index (χ3n) is 2.81. The molecule has 0 saturated heterocycles. The molecule has 4 nitrogen and oxygen atoms in total. The molecule has 0 aliphatic carbocycles. The average Bonchev–Trinajstić information content (AvgIpc) is 2.38. The van der Waals surface area contributed by atoms with Gasteiger partial charge in [-0.25, -0.2) is 4.98 Å². The summed E-state index contributed by atoms with van der Waals surface area (Å²) in [5.74, 6) is 1.59. The molecule has 0 spiro atoms. The summed E-state index contributed by atoms with van der Waals surface area (Å²) in [6, 6.07) is 9.69. The highest BCUT2D eigenvalue weighted by molar-refractivity contribution is 5.71. The van der Waals surface area contributed by atoms with Crippen LogP contribution in [0.3, 0.4) is 0 Å². The molecule has 0 bridgehead atoms. The summed E-state index contributed by atoms with van der Waals surface area (Å²) >= 11 is 0. The van der Waals surface area contributed by atoms with Crippen LogP contribution in [0.4, 0.5) is 17.2 Å². The van der Waals surface area contributed by atoms with Gasteiger partial charge in [-0.1, -0.05) is 0 Å². The van der Waals surface area contributed by atoms with Crippen molar-refractivity contribution in [2.45, 2.75) is 6.92 Å². The summed E-state index contributed by atoms with van der Waals surface area (Å²) in [6.07, 6.45) is 1.81. The van der Waals surface area contributed by atoms with Crippen molar-refractivity contribution in [3.63, 3.8) is 0 Å². The predicted octanol–water partition coefficient (Wildman–Crippen LogP) is 2.75. The predicted molar refractivity (Wildman–Crippen MR) is 74.4 cm³/mol. The summed E-state index contributed by atoms with van der Waals surface area (Å²) in [4.78, 5) is 6.32. The Bertz CT molecular complexity index is 537. The SMILES string of the molecule is COc1ccc(N(C)c2ncc(C)cc2N)cc1. The van der Waals surface area contributed by atoms with E-state index in [1.165, 1.54) is 0 Å². The van der Waals surface area contributed by atoms with Gasteiger partial charge < -0.3 is 15.4 Å². The number of benzene rings is 1. The van der Waals surface area contributed by atoms with E-state index in [-0.39, 0.29) is 0 Å². The zero-order valence-corrected chi connectivity index (χ0v) is 10.8. The van der Waals surface area contributed by atoms with Crippen LogP contribution in [0.2, 0.25) is 0 Å². The maximum Gasteiger partial charge on any atom is 0.155 e. The molecule has 2 N–H and O–H groups in total. The number of nitrogens with zero attached hydrogens (tertiary/aromatic N) is 2. The molecule has 0 saturated carbocycles. The molecule has 0 radical (unpaired) electrons. The van der Waals surface area contributed by atoms with E-state index < -0.39 is 0 Å². The third-order valence-corrected chi connectivity index (χ3v) is 2.81. The lowest BCUT2D eigenvalue weighted by atomic mass is 10.2. The second-order valence-corrected chi connectivity index (χ2v) is 4.18. The van der Waals surface area contributed by atoms with Crippen LogP contribution in [0.1, 0.15) is 5.56 Å². The number of aromatic nitrogens is 1. The number of anilines is 3. The first-order valence-corrected chi connectivity index (χ1v) is 5.71. The fourth-order valence-corrected chi connectivity index (χ4v) is 1.79. The highest BCUT2D eigenvalue weighted by atomic mass is 16.5. The van der Waals surface area contributed by atoms with Gasteiger partial charge >= 0.3 is 0 Å². The number of nitrogens with two attached hydrogens (primary N) is 1. The second-order valence-electron chi connectivity index (χ2n) is 4.18. The molecule has 0 atom stereocenters. The molecule has 0 unspecified atom stereocenters. The van der Waals surface area contributed by atoms with E-state index >= 15 is 0 Å². The van der Waals surface area contributed by atoms with Crippen LogP contribution in [0.25, 0.3) is 0 Å². The van der Waals surface area contributed by atoms with Crippen molar-refractivity contribution in [2.24, 2.45) is 0 Å². The van der Waals surface area contributed by atoms with E-state index in [2.05, 4.69) is 4.98 Å². The molecule has 0 amide bonds. The van der Waals surface area contributed by atoms with Crippen molar-refractivity contribution in [3.8, 4) is 5.75 Å². The van der Waals surface area contributed by atoms with Crippen LogP contribution in [-0.4, -0.2) is 19.1 Å². The van der Waals surface area contributed by atoms with Crippen LogP contribution in [-0.2, 0) is 0 Å². The Kier molecular flexibility index (Phi) is 3.37. The number of hydrogen-bond acceptors (Lipinski definition) is 4. The molecule has 1 aromatic carbocycles. The second kappa shape index (κ2) is 4.96. The minimum Gasteiger partial charge on any atom is -0.497 e. The molecule has 0 fully saturated rings. The van der Waals surface area contributed by atoms with Gasteiger partial charge in [0.1, 0.15) is 5.75 Å². The molecular weight excluding hydrogens is 226 g/mol. The number of nitrogen functional groups attached to an aromatic ring is 1. The fourth-order valence-electron chi connectivity index (χ4n) is 1.79. The standard InChI is InChI=1S/C14H17N3O/c1-10-8-13(15)14(16-9-10)17(2)11-4-6-12(18-3)7-5-11/h4-9H,15H2,1-3H3. The zero-order valence-electron chi connectivity index (χ0n) is 10.8. The minimum atomic E-state index is 0.674. The van der Waals surface area contributed by atoms with Crippen LogP contribution < -0.4 is 15.4 Å². The highest BCUT2D eigenvalue weighted by Gasteiger charge is 2.09. The lowest BCUT2D eigenvalue weighted by Crippen LogP contribution is -2.13. The highest BCUT2D eigenvalue weighted by Crippen LogP contribution is 2.28. The van der Waals surface area contributed by atoms with E-state index in [0.29, 0.717) is 5.69 Å². The lowest BCUT2D eigenvalue weighted by Gasteiger charge is -2.20. The van der Waals surface area contributed by atoms with E-state index in [0.717, 1.165) is 22.8 Å². The molecule has 2 aromatic rings. The molecule has 18 heavy (non-hydrogen) atoms. The third kappa shape index (κ3) is 2.37. The Morgan fingerprint density at radius 2 is 1.89 bits per heavy atom. The molecule has 4 heteroatoms. The average molecular weight is 243 g/mol. The Morgan fingerprint density at radius 1 is 1.22 bits per heavy atom. The molecule has 0 aliphatic rings. The summed E-state index contributed by atoms with van der Waals surface area (Å²) < 4.78 is 5.14. The zero-order chi connectivity index (χ0) is 13.1. The minimum absolute atomic E-state index is 0.674. The first-order valence-electron chi connectivity index (χ1n) is 5.71. The van der Waals surface area contributed by atoms with Crippen molar-refractivity contribution >= 4 is 17.2 Å². The Morgan fingerprint density at radius 3 is 2.44 bits per heavy atom. The monoisotopic (exact) mass is 243 g/mol. The summed E-state index contributed by atoms with van der Waals surface area (Å²) in [5.41, 5.74) is 8.73. The van der Waals surface area contributed by atoms with Crippen LogP contribution in [0.15, 0.2) is 36.5 Å². The van der Waals surface area contributed by atoms with E-state index in [1.54, 1.807) is 7.11 Å². The number of aryl methyl sites for hydroxylation is 1. The van der Waals surface area contributed by atoms with Crippen molar-refractivity contribution in [1.82, 2.24) is 4.98 Å². The fraction of sp³-hybridized carbons (Fsp3) is 0.214. The summed E-state index contributed by atoms with van der Waals surface area (Å²) in [7, 11) is 3.59. The number of pyridine rings is 1. The summed E-state index contributed by atoms with van der Waals surface area (Å²) in [6.45, 7) is 1.97. The van der Waals surface area contributed by atoms with Gasteiger partial charge in [-0.15, -0.1) is 0 Å². The Balaban J connectivity index is 2.31. The van der Waals surface area contributed by atoms with Crippen molar-refractivity contribution < 1.29 is 4.74 Å². The number of ether oxygens (including phenoxy) is 1. The maximum absolute atomic E-state index is 5.99. The Labute approximate surface area is 107 Å². The van der Waals surface area contributed by atoms with Crippen LogP contribution in [0, 0.1) is 6.92 Å². The van der Waals surface area contributed by atoms with Gasteiger partial charge in [-0.3, -0.25) is 0 Å². The normalized spacial score (nSPS) is 10.2. The number of methoxy groups -OCH3 is 1. The van der Waals surface area contributed by atoms with Gasteiger partial charge in [-0.05, 0) is 42.8 Å².